The summed E-state index contributed by atoms with van der Waals surface area (Å²) in [5, 5.41) is 7.07. The smallest absolute Gasteiger partial charge is 0.0555 e. The Kier molecular flexibility index (Phi) is 2.10. The van der Waals surface area contributed by atoms with Crippen LogP contribution in [-0.4, -0.2) is 6.54 Å². The molecule has 2 heteroatoms. The molecule has 0 saturated heterocycles. The van der Waals surface area contributed by atoms with E-state index in [0.29, 0.717) is 6.04 Å². The predicted molar refractivity (Wildman–Crippen MR) is 75.1 cm³/mol. The number of hydrogen-bond donors (Lipinski definition) is 2. The van der Waals surface area contributed by atoms with Crippen molar-refractivity contribution in [3.63, 3.8) is 0 Å². The van der Waals surface area contributed by atoms with Crippen molar-refractivity contribution in [2.45, 2.75) is 18.9 Å². The van der Waals surface area contributed by atoms with Gasteiger partial charge in [-0.1, -0.05) is 30.3 Å². The number of nitrogens with one attached hydrogen (secondary N) is 2. The molecule has 2 aliphatic rings. The normalized spacial score (nSPS) is 19.9. The van der Waals surface area contributed by atoms with Gasteiger partial charge < -0.3 is 10.6 Å². The molecule has 2 N–H and O–H groups in total. The Hall–Kier alpha value is -1.96. The Labute approximate surface area is 107 Å². The summed E-state index contributed by atoms with van der Waals surface area (Å²) in [5.74, 6) is 0. The third kappa shape index (κ3) is 1.49. The van der Waals surface area contributed by atoms with Crippen LogP contribution in [0.1, 0.15) is 22.7 Å². The van der Waals surface area contributed by atoms with Crippen molar-refractivity contribution in [3.8, 4) is 0 Å². The van der Waals surface area contributed by atoms with E-state index in [1.807, 2.05) is 0 Å². The van der Waals surface area contributed by atoms with Crippen LogP contribution in [0.5, 0.6) is 0 Å². The van der Waals surface area contributed by atoms with Crippen LogP contribution >= 0.6 is 0 Å². The minimum atomic E-state index is 0.426. The zero-order chi connectivity index (χ0) is 11.9. The van der Waals surface area contributed by atoms with E-state index in [1.54, 1.807) is 0 Å². The molecule has 2 aromatic carbocycles. The standard InChI is InChI=1S/C16H16N2/c1-2-4-14-12(3-1)10-16(18-14)13-6-5-11-7-8-17-15(11)9-13/h1-6,9,16-18H,7-8,10H2. The molecule has 18 heavy (non-hydrogen) atoms. The number of anilines is 2. The van der Waals surface area contributed by atoms with Crippen molar-refractivity contribution < 1.29 is 0 Å². The molecule has 2 nitrogen and oxygen atoms in total. The summed E-state index contributed by atoms with van der Waals surface area (Å²) >= 11 is 0. The van der Waals surface area contributed by atoms with Gasteiger partial charge in [-0.05, 0) is 41.7 Å². The van der Waals surface area contributed by atoms with Gasteiger partial charge in [0.1, 0.15) is 0 Å². The molecule has 90 valence electrons. The second-order valence-corrected chi connectivity index (χ2v) is 5.15. The molecule has 1 unspecified atom stereocenters. The quantitative estimate of drug-likeness (QED) is 0.793. The molecule has 4 rings (SSSR count). The number of rotatable bonds is 1. The van der Waals surface area contributed by atoms with E-state index in [1.165, 1.54) is 28.1 Å². The average molecular weight is 236 g/mol. The van der Waals surface area contributed by atoms with Crippen molar-refractivity contribution in [3.05, 3.63) is 59.2 Å². The highest BCUT2D eigenvalue weighted by Gasteiger charge is 2.22. The van der Waals surface area contributed by atoms with E-state index in [2.05, 4.69) is 53.1 Å². The van der Waals surface area contributed by atoms with Gasteiger partial charge in [-0.25, -0.2) is 0 Å². The zero-order valence-electron chi connectivity index (χ0n) is 10.2. The number of hydrogen-bond acceptors (Lipinski definition) is 2. The minimum Gasteiger partial charge on any atom is -0.384 e. The largest absolute Gasteiger partial charge is 0.384 e. The van der Waals surface area contributed by atoms with Gasteiger partial charge in [0.15, 0.2) is 0 Å². The molecule has 0 saturated carbocycles. The van der Waals surface area contributed by atoms with Gasteiger partial charge in [-0.2, -0.15) is 0 Å². The van der Waals surface area contributed by atoms with E-state index in [-0.39, 0.29) is 0 Å². The van der Waals surface area contributed by atoms with Gasteiger partial charge in [-0.15, -0.1) is 0 Å². The van der Waals surface area contributed by atoms with Crippen LogP contribution in [0, 0.1) is 0 Å². The van der Waals surface area contributed by atoms with E-state index >= 15 is 0 Å². The van der Waals surface area contributed by atoms with Crippen LogP contribution < -0.4 is 10.6 Å². The Balaban J connectivity index is 1.66. The molecule has 0 fully saturated rings. The summed E-state index contributed by atoms with van der Waals surface area (Å²) in [4.78, 5) is 0. The molecule has 1 atom stereocenters. The van der Waals surface area contributed by atoms with E-state index in [4.69, 9.17) is 0 Å². The summed E-state index contributed by atoms with van der Waals surface area (Å²) in [6.45, 7) is 1.08. The minimum absolute atomic E-state index is 0.426. The Morgan fingerprint density at radius 2 is 1.89 bits per heavy atom. The monoisotopic (exact) mass is 236 g/mol. The van der Waals surface area contributed by atoms with Crippen LogP contribution in [0.4, 0.5) is 11.4 Å². The summed E-state index contributed by atoms with van der Waals surface area (Å²) in [5.41, 5.74) is 6.88. The second-order valence-electron chi connectivity index (χ2n) is 5.15. The first-order chi connectivity index (χ1) is 8.90. The van der Waals surface area contributed by atoms with E-state index in [9.17, 15) is 0 Å². The Bertz CT molecular complexity index is 579. The van der Waals surface area contributed by atoms with Crippen LogP contribution in [-0.2, 0) is 12.8 Å². The van der Waals surface area contributed by atoms with Crippen LogP contribution in [0.2, 0.25) is 0 Å². The third-order valence-corrected chi connectivity index (χ3v) is 4.02. The van der Waals surface area contributed by atoms with E-state index < -0.39 is 0 Å². The summed E-state index contributed by atoms with van der Waals surface area (Å²) in [6, 6.07) is 15.9. The maximum absolute atomic E-state index is 3.61. The fourth-order valence-electron chi connectivity index (χ4n) is 3.02. The lowest BCUT2D eigenvalue weighted by Crippen LogP contribution is -2.05. The summed E-state index contributed by atoms with van der Waals surface area (Å²) in [7, 11) is 0. The van der Waals surface area contributed by atoms with Crippen LogP contribution in [0.15, 0.2) is 42.5 Å². The topological polar surface area (TPSA) is 24.1 Å². The first-order valence-corrected chi connectivity index (χ1v) is 6.61. The fourth-order valence-corrected chi connectivity index (χ4v) is 3.02. The van der Waals surface area contributed by atoms with Gasteiger partial charge in [0.05, 0.1) is 6.04 Å². The molecule has 0 aliphatic carbocycles. The van der Waals surface area contributed by atoms with Gasteiger partial charge in [0.2, 0.25) is 0 Å². The SMILES string of the molecule is c1ccc2c(c1)CC(c1ccc3c(c1)NCC3)N2. The maximum atomic E-state index is 3.61. The molecular weight excluding hydrogens is 220 g/mol. The van der Waals surface area contributed by atoms with Gasteiger partial charge in [0, 0.05) is 17.9 Å². The lowest BCUT2D eigenvalue weighted by atomic mass is 10.0. The average Bonchev–Trinajstić information content (AvgIpc) is 3.04. The summed E-state index contributed by atoms with van der Waals surface area (Å²) in [6.07, 6.45) is 2.25. The van der Waals surface area contributed by atoms with Crippen molar-refractivity contribution in [2.24, 2.45) is 0 Å². The number of benzene rings is 2. The zero-order valence-corrected chi connectivity index (χ0v) is 10.2. The van der Waals surface area contributed by atoms with Crippen molar-refractivity contribution in [1.29, 1.82) is 0 Å². The van der Waals surface area contributed by atoms with Crippen LogP contribution in [0.3, 0.4) is 0 Å². The first kappa shape index (κ1) is 10.0. The molecule has 0 spiro atoms. The van der Waals surface area contributed by atoms with E-state index in [0.717, 1.165) is 19.4 Å². The second kappa shape index (κ2) is 3.77. The van der Waals surface area contributed by atoms with Crippen molar-refractivity contribution in [1.82, 2.24) is 0 Å². The van der Waals surface area contributed by atoms with Crippen molar-refractivity contribution in [2.75, 3.05) is 17.2 Å². The molecule has 0 radical (unpaired) electrons. The molecular formula is C16H16N2. The highest BCUT2D eigenvalue weighted by atomic mass is 15.0. The third-order valence-electron chi connectivity index (χ3n) is 4.02. The molecule has 0 bridgehead atoms. The van der Waals surface area contributed by atoms with Crippen molar-refractivity contribution >= 4 is 11.4 Å². The molecule has 2 aromatic rings. The fraction of sp³-hybridized carbons (Fsp3) is 0.250. The lowest BCUT2D eigenvalue weighted by molar-refractivity contribution is 0.824. The Morgan fingerprint density at radius 3 is 2.83 bits per heavy atom. The number of para-hydroxylation sites is 1. The Morgan fingerprint density at radius 1 is 0.944 bits per heavy atom. The number of fused-ring (bicyclic) bond motifs is 2. The molecule has 2 aliphatic heterocycles. The summed E-state index contributed by atoms with van der Waals surface area (Å²) < 4.78 is 0. The van der Waals surface area contributed by atoms with Gasteiger partial charge >= 0.3 is 0 Å². The maximum Gasteiger partial charge on any atom is 0.0555 e. The molecule has 0 aromatic heterocycles. The first-order valence-electron chi connectivity index (χ1n) is 6.61. The highest BCUT2D eigenvalue weighted by molar-refractivity contribution is 5.61. The molecule has 2 heterocycles. The predicted octanol–water partition coefficient (Wildman–Crippen LogP) is 3.36. The highest BCUT2D eigenvalue weighted by Crippen LogP contribution is 2.35. The lowest BCUT2D eigenvalue weighted by Gasteiger charge is -2.13. The molecule has 0 amide bonds. The van der Waals surface area contributed by atoms with Crippen LogP contribution in [0.25, 0.3) is 0 Å². The van der Waals surface area contributed by atoms with Gasteiger partial charge in [0.25, 0.3) is 0 Å². The van der Waals surface area contributed by atoms with Gasteiger partial charge in [-0.3, -0.25) is 0 Å².